The third-order valence-corrected chi connectivity index (χ3v) is 1.78. The zero-order valence-electron chi connectivity index (χ0n) is 8.92. The van der Waals surface area contributed by atoms with Crippen LogP contribution in [0.2, 0.25) is 0 Å². The van der Waals surface area contributed by atoms with E-state index < -0.39 is 8.26 Å². The van der Waals surface area contributed by atoms with Gasteiger partial charge in [0.15, 0.2) is 0 Å². The van der Waals surface area contributed by atoms with Crippen LogP contribution in [0, 0.1) is 0 Å². The number of benzene rings is 1. The summed E-state index contributed by atoms with van der Waals surface area (Å²) in [7, 11) is 6.74. The Hall–Kier alpha value is -1.04. The summed E-state index contributed by atoms with van der Waals surface area (Å²) in [6.07, 6.45) is 1.95. The zero-order chi connectivity index (χ0) is 12.9. The van der Waals surface area contributed by atoms with Crippen LogP contribution in [0.5, 0.6) is 0 Å². The minimum Gasteiger partial charge on any atom is -0.275 e. The molecule has 0 aliphatic carbocycles. The summed E-state index contributed by atoms with van der Waals surface area (Å²) in [5, 5.41) is 4.30. The summed E-state index contributed by atoms with van der Waals surface area (Å²) >= 11 is 0. The largest absolute Gasteiger partial charge is 0.317 e. The molecule has 0 N–H and O–H groups in total. The zero-order valence-corrected chi connectivity index (χ0v) is 11.2. The molecule has 0 atom stereocenters. The Balaban J connectivity index is 0.000000249. The molecule has 1 aromatic heterocycles. The van der Waals surface area contributed by atoms with Crippen molar-refractivity contribution in [3.63, 3.8) is 0 Å². The lowest BCUT2D eigenvalue weighted by Gasteiger charge is -1.93. The molecule has 17 heavy (non-hydrogen) atoms. The van der Waals surface area contributed by atoms with Crippen molar-refractivity contribution in [3.8, 4) is 11.3 Å². The number of aryl methyl sites for hydroxylation is 1. The molecule has 92 valence electrons. The lowest BCUT2D eigenvalue weighted by Crippen LogP contribution is -1.87. The minimum absolute atomic E-state index is 1.03. The number of halogens is 2. The molecule has 0 aliphatic heterocycles. The topological polar surface area (TPSA) is 52.0 Å². The van der Waals surface area contributed by atoms with E-state index in [2.05, 4.69) is 38.6 Å². The average molecular weight is 293 g/mol. The summed E-state index contributed by atoms with van der Waals surface area (Å²) in [6, 6.07) is 12.2. The van der Waals surface area contributed by atoms with Crippen LogP contribution < -0.4 is 0 Å². The second kappa shape index (κ2) is 6.05. The van der Waals surface area contributed by atoms with E-state index in [1.807, 2.05) is 42.2 Å². The predicted molar refractivity (Wildman–Crippen MR) is 69.3 cm³/mol. The lowest BCUT2D eigenvalue weighted by atomic mass is 10.2. The fraction of sp³-hybridized carbons (Fsp3) is 0.100. The van der Waals surface area contributed by atoms with Crippen LogP contribution in [0.4, 0.5) is 0 Å². The molecule has 0 fully saturated rings. The molecular formula is C10H10Cl2N2O2S. The molecule has 7 heteroatoms. The van der Waals surface area contributed by atoms with Gasteiger partial charge >= 0.3 is 8.26 Å². The Morgan fingerprint density at radius 3 is 2.06 bits per heavy atom. The first-order valence-corrected chi connectivity index (χ1v) is 7.69. The molecule has 4 nitrogen and oxygen atoms in total. The second-order valence-corrected chi connectivity index (χ2v) is 6.79. The molecule has 2 rings (SSSR count). The van der Waals surface area contributed by atoms with Crippen LogP contribution in [0.25, 0.3) is 11.3 Å². The minimum atomic E-state index is -3.72. The SMILES string of the molecule is Cn1ccc(-c2ccccc2)n1.O=S(=O)(Cl)Cl. The molecule has 0 amide bonds. The Bertz CT molecular complexity index is 559. The number of nitrogens with zero attached hydrogens (tertiary/aromatic N) is 2. The van der Waals surface area contributed by atoms with Crippen molar-refractivity contribution in [1.82, 2.24) is 9.78 Å². The fourth-order valence-corrected chi connectivity index (χ4v) is 1.18. The van der Waals surface area contributed by atoms with Gasteiger partial charge in [-0.05, 0) is 6.07 Å². The second-order valence-electron chi connectivity index (χ2n) is 3.12. The fourth-order valence-electron chi connectivity index (χ4n) is 1.18. The van der Waals surface area contributed by atoms with E-state index in [-0.39, 0.29) is 0 Å². The van der Waals surface area contributed by atoms with Gasteiger partial charge < -0.3 is 0 Å². The van der Waals surface area contributed by atoms with Crippen LogP contribution in [-0.4, -0.2) is 18.2 Å². The number of hydrogen-bond acceptors (Lipinski definition) is 3. The quantitative estimate of drug-likeness (QED) is 0.760. The summed E-state index contributed by atoms with van der Waals surface area (Å²) in [5.74, 6) is 0. The van der Waals surface area contributed by atoms with Gasteiger partial charge in [-0.25, -0.2) is 0 Å². The van der Waals surface area contributed by atoms with E-state index in [1.165, 1.54) is 0 Å². The molecule has 0 unspecified atom stereocenters. The van der Waals surface area contributed by atoms with Crippen molar-refractivity contribution >= 4 is 29.6 Å². The van der Waals surface area contributed by atoms with Gasteiger partial charge in [0.05, 0.1) is 5.69 Å². The Morgan fingerprint density at radius 2 is 1.65 bits per heavy atom. The van der Waals surface area contributed by atoms with Crippen molar-refractivity contribution in [2.24, 2.45) is 7.05 Å². The van der Waals surface area contributed by atoms with E-state index in [9.17, 15) is 0 Å². The number of aromatic nitrogens is 2. The average Bonchev–Trinajstić information content (AvgIpc) is 2.64. The molecule has 0 bridgehead atoms. The van der Waals surface area contributed by atoms with E-state index in [1.54, 1.807) is 0 Å². The Kier molecular flexibility index (Phi) is 4.99. The molecule has 0 saturated carbocycles. The lowest BCUT2D eigenvalue weighted by molar-refractivity contribution is 0.621. The summed E-state index contributed by atoms with van der Waals surface area (Å²) in [4.78, 5) is 0. The van der Waals surface area contributed by atoms with Gasteiger partial charge in [0.25, 0.3) is 0 Å². The van der Waals surface area contributed by atoms with Crippen molar-refractivity contribution < 1.29 is 8.42 Å². The highest BCUT2D eigenvalue weighted by Gasteiger charge is 1.97. The highest BCUT2D eigenvalue weighted by molar-refractivity contribution is 8.31. The van der Waals surface area contributed by atoms with Crippen molar-refractivity contribution in [2.75, 3.05) is 0 Å². The molecule has 0 aliphatic rings. The standard InChI is InChI=1S/C10H10N2.Cl2O2S/c1-12-8-7-10(11-12)9-5-3-2-4-6-9;1-5(2,3)4/h2-8H,1H3;. The van der Waals surface area contributed by atoms with E-state index in [0.29, 0.717) is 0 Å². The van der Waals surface area contributed by atoms with Gasteiger partial charge in [0.2, 0.25) is 0 Å². The summed E-state index contributed by atoms with van der Waals surface area (Å²) in [6.45, 7) is 0. The summed E-state index contributed by atoms with van der Waals surface area (Å²) < 4.78 is 20.1. The van der Waals surface area contributed by atoms with Crippen LogP contribution in [0.1, 0.15) is 0 Å². The van der Waals surface area contributed by atoms with Crippen LogP contribution in [0.3, 0.4) is 0 Å². The summed E-state index contributed by atoms with van der Waals surface area (Å²) in [5.41, 5.74) is 2.19. The molecule has 0 saturated heterocycles. The van der Waals surface area contributed by atoms with Gasteiger partial charge in [0, 0.05) is 40.2 Å². The van der Waals surface area contributed by atoms with Crippen LogP contribution >= 0.6 is 21.4 Å². The van der Waals surface area contributed by atoms with Crippen LogP contribution in [0.15, 0.2) is 42.6 Å². The van der Waals surface area contributed by atoms with Gasteiger partial charge in [-0.15, -0.1) is 0 Å². The van der Waals surface area contributed by atoms with Crippen molar-refractivity contribution in [2.45, 2.75) is 0 Å². The highest BCUT2D eigenvalue weighted by atomic mass is 36.0. The van der Waals surface area contributed by atoms with E-state index in [0.717, 1.165) is 11.3 Å². The monoisotopic (exact) mass is 292 g/mol. The maximum absolute atomic E-state index is 9.16. The van der Waals surface area contributed by atoms with Gasteiger partial charge in [-0.3, -0.25) is 4.68 Å². The van der Waals surface area contributed by atoms with Gasteiger partial charge in [0.1, 0.15) is 0 Å². The normalized spacial score (nSPS) is 10.5. The third kappa shape index (κ3) is 6.31. The van der Waals surface area contributed by atoms with E-state index >= 15 is 0 Å². The molecular weight excluding hydrogens is 283 g/mol. The van der Waals surface area contributed by atoms with Crippen molar-refractivity contribution in [3.05, 3.63) is 42.6 Å². The third-order valence-electron chi connectivity index (χ3n) is 1.78. The first-order chi connectivity index (χ1) is 7.86. The van der Waals surface area contributed by atoms with Crippen molar-refractivity contribution in [1.29, 1.82) is 0 Å². The number of rotatable bonds is 1. The molecule has 1 aromatic carbocycles. The van der Waals surface area contributed by atoms with Crippen LogP contribution in [-0.2, 0) is 15.3 Å². The first-order valence-electron chi connectivity index (χ1n) is 4.55. The van der Waals surface area contributed by atoms with Gasteiger partial charge in [-0.1, -0.05) is 30.3 Å². The molecule has 0 radical (unpaired) electrons. The number of hydrogen-bond donors (Lipinski definition) is 0. The van der Waals surface area contributed by atoms with Gasteiger partial charge in [-0.2, -0.15) is 13.5 Å². The van der Waals surface area contributed by atoms with E-state index in [4.69, 9.17) is 8.42 Å². The maximum Gasteiger partial charge on any atom is 0.317 e. The Labute approximate surface area is 109 Å². The molecule has 0 spiro atoms. The molecule has 1 heterocycles. The highest BCUT2D eigenvalue weighted by Crippen LogP contribution is 2.14. The first kappa shape index (κ1) is 14.0. The maximum atomic E-state index is 9.16. The molecule has 2 aromatic rings. The smallest absolute Gasteiger partial charge is 0.275 e. The predicted octanol–water partition coefficient (Wildman–Crippen LogP) is 2.80. The Morgan fingerprint density at radius 1 is 1.12 bits per heavy atom.